The fraction of sp³-hybridized carbons (Fsp3) is 0.783. The summed E-state index contributed by atoms with van der Waals surface area (Å²) in [5, 5.41) is 0. The van der Waals surface area contributed by atoms with Crippen molar-refractivity contribution in [2.24, 2.45) is 0 Å². The van der Waals surface area contributed by atoms with Gasteiger partial charge in [0.1, 0.15) is 0 Å². The Morgan fingerprint density at radius 3 is 1.42 bits per heavy atom. The second-order valence-corrected chi connectivity index (χ2v) is 8.95. The summed E-state index contributed by atoms with van der Waals surface area (Å²) < 4.78 is 0. The molecule has 0 aliphatic heterocycles. The molecule has 0 spiro atoms. The van der Waals surface area contributed by atoms with Crippen molar-refractivity contribution in [1.29, 1.82) is 0 Å². The molecule has 1 aliphatic rings. The van der Waals surface area contributed by atoms with Crippen LogP contribution in [0.5, 0.6) is 0 Å². The van der Waals surface area contributed by atoms with Crippen LogP contribution in [0.4, 0.5) is 0 Å². The van der Waals surface area contributed by atoms with Crippen molar-refractivity contribution in [2.45, 2.75) is 117 Å². The SMILES string of the molecule is C[SiH]C.Cc1c[c-](C)c(C)c1C.[NH-]C1CCCCCCCCCCC1.[Ti+2]. The average Bonchev–Trinajstić information content (AvgIpc) is 2.78. The Balaban J connectivity index is 0. The van der Waals surface area contributed by atoms with Crippen LogP contribution in [0.2, 0.25) is 13.1 Å². The van der Waals surface area contributed by atoms with Gasteiger partial charge in [-0.25, -0.2) is 0 Å². The second-order valence-electron chi connectivity index (χ2n) is 7.79. The average molecular weight is 411 g/mol. The normalized spacial score (nSPS) is 16.6. The molecule has 149 valence electrons. The van der Waals surface area contributed by atoms with Crippen LogP contribution in [0.1, 0.15) is 92.9 Å². The number of aryl methyl sites for hydroxylation is 2. The minimum absolute atomic E-state index is 0. The fourth-order valence-electron chi connectivity index (χ4n) is 3.30. The Bertz CT molecular complexity index is 394. The van der Waals surface area contributed by atoms with E-state index < -0.39 is 0 Å². The zero-order chi connectivity index (χ0) is 19.1. The van der Waals surface area contributed by atoms with Gasteiger partial charge in [-0.3, -0.25) is 0 Å². The smallest absolute Gasteiger partial charge is 0.675 e. The third-order valence-corrected chi connectivity index (χ3v) is 5.28. The molecule has 2 rings (SSSR count). The Morgan fingerprint density at radius 1 is 0.846 bits per heavy atom. The monoisotopic (exact) mass is 410 g/mol. The third-order valence-electron chi connectivity index (χ3n) is 5.28. The third kappa shape index (κ3) is 14.3. The van der Waals surface area contributed by atoms with E-state index in [1.165, 1.54) is 80.0 Å². The molecule has 1 aliphatic carbocycles. The van der Waals surface area contributed by atoms with Crippen molar-refractivity contribution in [3.63, 3.8) is 0 Å². The van der Waals surface area contributed by atoms with Crippen molar-refractivity contribution < 1.29 is 21.7 Å². The van der Waals surface area contributed by atoms with E-state index in [4.69, 9.17) is 5.73 Å². The number of rotatable bonds is 0. The summed E-state index contributed by atoms with van der Waals surface area (Å²) in [6.07, 6.45) is 14.8. The van der Waals surface area contributed by atoms with Gasteiger partial charge < -0.3 is 5.73 Å². The number of hydrogen-bond donors (Lipinski definition) is 0. The minimum Gasteiger partial charge on any atom is -0.675 e. The quantitative estimate of drug-likeness (QED) is 0.307. The first-order valence-corrected chi connectivity index (χ1v) is 12.9. The molecule has 1 aromatic rings. The van der Waals surface area contributed by atoms with E-state index in [1.807, 2.05) is 0 Å². The molecule has 1 fully saturated rings. The van der Waals surface area contributed by atoms with Gasteiger partial charge in [0.25, 0.3) is 0 Å². The molecular weight excluding hydrogens is 366 g/mol. The van der Waals surface area contributed by atoms with Gasteiger partial charge >= 0.3 is 21.7 Å². The zero-order valence-electron chi connectivity index (χ0n) is 18.5. The molecule has 26 heavy (non-hydrogen) atoms. The van der Waals surface area contributed by atoms with Gasteiger partial charge in [0, 0.05) is 9.52 Å². The van der Waals surface area contributed by atoms with Crippen molar-refractivity contribution in [2.75, 3.05) is 0 Å². The van der Waals surface area contributed by atoms with Gasteiger partial charge in [-0.1, -0.05) is 111 Å². The summed E-state index contributed by atoms with van der Waals surface area (Å²) in [5.74, 6) is 0. The van der Waals surface area contributed by atoms with Gasteiger partial charge in [-0.05, 0) is 0 Å². The molecule has 0 heterocycles. The van der Waals surface area contributed by atoms with Crippen molar-refractivity contribution >= 4 is 9.52 Å². The van der Waals surface area contributed by atoms with Crippen LogP contribution >= 0.6 is 0 Å². The van der Waals surface area contributed by atoms with Crippen molar-refractivity contribution in [3.8, 4) is 0 Å². The molecule has 0 amide bonds. The van der Waals surface area contributed by atoms with Crippen LogP contribution in [0.3, 0.4) is 0 Å². The second kappa shape index (κ2) is 18.6. The minimum atomic E-state index is 0. The molecule has 0 atom stereocenters. The van der Waals surface area contributed by atoms with E-state index in [-0.39, 0.29) is 27.8 Å². The molecule has 1 N–H and O–H groups in total. The molecule has 1 aromatic carbocycles. The predicted octanol–water partition coefficient (Wildman–Crippen LogP) is 7.87. The van der Waals surface area contributed by atoms with Crippen LogP contribution in [0.25, 0.3) is 5.73 Å². The zero-order valence-corrected chi connectivity index (χ0v) is 21.2. The summed E-state index contributed by atoms with van der Waals surface area (Å²) in [7, 11) is 0.750. The summed E-state index contributed by atoms with van der Waals surface area (Å²) in [5.41, 5.74) is 13.5. The van der Waals surface area contributed by atoms with E-state index >= 15 is 0 Å². The van der Waals surface area contributed by atoms with E-state index in [0.29, 0.717) is 0 Å². The molecular formula is C23H44NSiTi. The van der Waals surface area contributed by atoms with Gasteiger partial charge in [-0.2, -0.15) is 28.3 Å². The van der Waals surface area contributed by atoms with Crippen molar-refractivity contribution in [3.05, 3.63) is 34.1 Å². The number of hydrogen-bond acceptors (Lipinski definition) is 0. The van der Waals surface area contributed by atoms with Gasteiger partial charge in [0.15, 0.2) is 0 Å². The maximum Gasteiger partial charge on any atom is 2.00 e. The van der Waals surface area contributed by atoms with Crippen LogP contribution in [-0.4, -0.2) is 15.6 Å². The summed E-state index contributed by atoms with van der Waals surface area (Å²) >= 11 is 0. The first-order chi connectivity index (χ1) is 11.9. The van der Waals surface area contributed by atoms with E-state index in [9.17, 15) is 0 Å². The molecule has 1 saturated carbocycles. The van der Waals surface area contributed by atoms with Crippen molar-refractivity contribution in [1.82, 2.24) is 0 Å². The first-order valence-electron chi connectivity index (χ1n) is 10.6. The van der Waals surface area contributed by atoms with E-state index in [2.05, 4.69) is 46.9 Å². The largest absolute Gasteiger partial charge is 2.00 e. The molecule has 0 saturated heterocycles. The van der Waals surface area contributed by atoms with E-state index in [1.54, 1.807) is 0 Å². The molecule has 0 bridgehead atoms. The summed E-state index contributed by atoms with van der Waals surface area (Å²) in [6, 6.07) is 2.49. The summed E-state index contributed by atoms with van der Waals surface area (Å²) in [4.78, 5) is 0. The Labute approximate surface area is 182 Å². The predicted molar refractivity (Wildman–Crippen MR) is 119 cm³/mol. The fourth-order valence-corrected chi connectivity index (χ4v) is 3.30. The summed E-state index contributed by atoms with van der Waals surface area (Å²) in [6.45, 7) is 13.1. The Kier molecular flexibility index (Phi) is 20.4. The topological polar surface area (TPSA) is 23.8 Å². The van der Waals surface area contributed by atoms with Gasteiger partial charge in [0.05, 0.1) is 0 Å². The maximum absolute atomic E-state index is 7.80. The van der Waals surface area contributed by atoms with Crippen LogP contribution in [0.15, 0.2) is 6.07 Å². The molecule has 3 heteroatoms. The molecule has 1 nitrogen and oxygen atoms in total. The van der Waals surface area contributed by atoms with E-state index in [0.717, 1.165) is 22.4 Å². The Hall–Kier alpha value is 0.241. The van der Waals surface area contributed by atoms with Gasteiger partial charge in [-0.15, -0.1) is 6.04 Å². The standard InChI is InChI=1S/C12H24N.C9H13.C2H7Si.Ti/c13-12-10-8-6-4-2-1-3-5-7-9-11-12;1-6-5-7(2)9(4)8(6)3;1-3-2;/h12-13H,1-11H2;5H,1-4H3;3H,1-2H3;/q2*-1;;+2. The van der Waals surface area contributed by atoms with Crippen LogP contribution < -0.4 is 0 Å². The van der Waals surface area contributed by atoms with Crippen LogP contribution in [0, 0.1) is 27.7 Å². The molecule has 0 aromatic heterocycles. The number of nitrogens with one attached hydrogen (secondary N) is 1. The van der Waals surface area contributed by atoms with Crippen LogP contribution in [-0.2, 0) is 21.7 Å². The molecule has 1 radical (unpaired) electrons. The van der Waals surface area contributed by atoms with Gasteiger partial charge in [0.2, 0.25) is 0 Å². The Morgan fingerprint density at radius 2 is 1.19 bits per heavy atom. The maximum atomic E-state index is 7.80. The first kappa shape index (κ1) is 28.5. The molecule has 0 unspecified atom stereocenters.